The Morgan fingerprint density at radius 3 is 2.71 bits per heavy atom. The molecule has 1 rings (SSSR count). The lowest BCUT2D eigenvalue weighted by Crippen LogP contribution is -1.93. The maximum atomic E-state index is 11.1. The van der Waals surface area contributed by atoms with Crippen LogP contribution in [0.4, 0.5) is 0 Å². The molecule has 72 valence electrons. The van der Waals surface area contributed by atoms with Crippen molar-refractivity contribution in [1.82, 2.24) is 0 Å². The highest BCUT2D eigenvalue weighted by molar-refractivity contribution is 6.19. The Morgan fingerprint density at radius 2 is 2.21 bits per heavy atom. The van der Waals surface area contributed by atoms with E-state index < -0.39 is 0 Å². The van der Waals surface area contributed by atoms with E-state index in [-0.39, 0.29) is 5.78 Å². The fourth-order valence-electron chi connectivity index (χ4n) is 1.15. The van der Waals surface area contributed by atoms with Crippen molar-refractivity contribution in [2.75, 3.05) is 5.88 Å². The molecule has 0 bridgehead atoms. The summed E-state index contributed by atoms with van der Waals surface area (Å²) in [6, 6.07) is 5.49. The van der Waals surface area contributed by atoms with E-state index in [0.29, 0.717) is 5.88 Å². The Hall–Kier alpha value is -1.26. The van der Waals surface area contributed by atoms with Crippen molar-refractivity contribution in [3.05, 3.63) is 34.9 Å². The molecule has 0 radical (unpaired) electrons. The molecule has 0 aliphatic heterocycles. The van der Waals surface area contributed by atoms with Gasteiger partial charge in [-0.1, -0.05) is 17.9 Å². The zero-order valence-corrected chi connectivity index (χ0v) is 8.98. The van der Waals surface area contributed by atoms with Crippen molar-refractivity contribution in [1.29, 1.82) is 0 Å². The number of hydrogen-bond acceptors (Lipinski definition) is 1. The topological polar surface area (TPSA) is 17.1 Å². The normalized spacial score (nSPS) is 9.07. The number of Topliss-reactive ketones (excluding diaryl/α,β-unsaturated/α-hetero) is 1. The molecule has 0 aliphatic rings. The van der Waals surface area contributed by atoms with E-state index in [1.165, 1.54) is 0 Å². The fourth-order valence-corrected chi connectivity index (χ4v) is 1.22. The highest BCUT2D eigenvalue weighted by Crippen LogP contribution is 2.10. The van der Waals surface area contributed by atoms with Crippen LogP contribution in [0.5, 0.6) is 0 Å². The molecule has 0 saturated carbocycles. The van der Waals surface area contributed by atoms with Gasteiger partial charge >= 0.3 is 0 Å². The van der Waals surface area contributed by atoms with Gasteiger partial charge in [-0.2, -0.15) is 0 Å². The monoisotopic (exact) mass is 206 g/mol. The minimum absolute atomic E-state index is 0.0740. The summed E-state index contributed by atoms with van der Waals surface area (Å²) in [5.74, 6) is 6.12. The summed E-state index contributed by atoms with van der Waals surface area (Å²) < 4.78 is 0. The molecule has 0 N–H and O–H groups in total. The van der Waals surface area contributed by atoms with Gasteiger partial charge in [-0.05, 0) is 31.5 Å². The van der Waals surface area contributed by atoms with Crippen molar-refractivity contribution in [3.8, 4) is 11.8 Å². The SMILES string of the molecule is CC(=O)c1ccc(C#CCCl)c(C)c1. The van der Waals surface area contributed by atoms with Gasteiger partial charge in [0.2, 0.25) is 0 Å². The van der Waals surface area contributed by atoms with E-state index in [1.54, 1.807) is 13.0 Å². The predicted octanol–water partition coefficient (Wildman–Crippen LogP) is 2.79. The standard InChI is InChI=1S/C12H11ClO/c1-9-8-12(10(2)14)6-5-11(9)4-3-7-13/h5-6,8H,7H2,1-2H3. The van der Waals surface area contributed by atoms with Crippen LogP contribution in [-0.4, -0.2) is 11.7 Å². The highest BCUT2D eigenvalue weighted by Gasteiger charge is 2.01. The number of halogens is 1. The molecule has 0 atom stereocenters. The zero-order valence-electron chi connectivity index (χ0n) is 8.23. The van der Waals surface area contributed by atoms with Crippen LogP contribution in [0.1, 0.15) is 28.4 Å². The van der Waals surface area contributed by atoms with E-state index in [0.717, 1.165) is 16.7 Å². The Balaban J connectivity index is 3.07. The molecule has 0 heterocycles. The summed E-state index contributed by atoms with van der Waals surface area (Å²) in [6.07, 6.45) is 0. The fraction of sp³-hybridized carbons (Fsp3) is 0.250. The molecule has 0 spiro atoms. The van der Waals surface area contributed by atoms with Crippen molar-refractivity contribution < 1.29 is 4.79 Å². The van der Waals surface area contributed by atoms with Gasteiger partial charge < -0.3 is 0 Å². The second-order valence-corrected chi connectivity index (χ2v) is 3.29. The number of carbonyl (C=O) groups excluding carboxylic acids is 1. The number of aryl methyl sites for hydroxylation is 1. The largest absolute Gasteiger partial charge is 0.295 e. The first-order valence-electron chi connectivity index (χ1n) is 4.31. The molecule has 14 heavy (non-hydrogen) atoms. The minimum atomic E-state index is 0.0740. The minimum Gasteiger partial charge on any atom is -0.295 e. The maximum Gasteiger partial charge on any atom is 0.159 e. The lowest BCUT2D eigenvalue weighted by molar-refractivity contribution is 0.101. The average Bonchev–Trinajstić information content (AvgIpc) is 2.15. The Labute approximate surface area is 89.1 Å². The first-order valence-corrected chi connectivity index (χ1v) is 4.85. The summed E-state index contributed by atoms with van der Waals surface area (Å²) in [5, 5.41) is 0. The summed E-state index contributed by atoms with van der Waals surface area (Å²) in [6.45, 7) is 3.49. The molecule has 0 amide bonds. The van der Waals surface area contributed by atoms with E-state index in [4.69, 9.17) is 11.6 Å². The van der Waals surface area contributed by atoms with Crippen molar-refractivity contribution >= 4 is 17.4 Å². The smallest absolute Gasteiger partial charge is 0.159 e. The molecule has 1 nitrogen and oxygen atoms in total. The molecule has 1 aromatic carbocycles. The zero-order chi connectivity index (χ0) is 10.6. The predicted molar refractivity (Wildman–Crippen MR) is 58.8 cm³/mol. The molecule has 2 heteroatoms. The Morgan fingerprint density at radius 1 is 1.50 bits per heavy atom. The molecule has 0 aliphatic carbocycles. The summed E-state index contributed by atoms with van der Waals surface area (Å²) >= 11 is 5.46. The number of hydrogen-bond donors (Lipinski definition) is 0. The van der Waals surface area contributed by atoms with Gasteiger partial charge in [-0.15, -0.1) is 11.6 Å². The summed E-state index contributed by atoms with van der Waals surface area (Å²) in [4.78, 5) is 11.1. The van der Waals surface area contributed by atoms with Crippen LogP contribution in [0.25, 0.3) is 0 Å². The van der Waals surface area contributed by atoms with Gasteiger partial charge in [-0.3, -0.25) is 4.79 Å². The van der Waals surface area contributed by atoms with Crippen LogP contribution in [0.2, 0.25) is 0 Å². The first kappa shape index (κ1) is 10.8. The third-order valence-electron chi connectivity index (χ3n) is 1.92. The van der Waals surface area contributed by atoms with Crippen LogP contribution in [0.15, 0.2) is 18.2 Å². The molecular formula is C12H11ClO. The number of alkyl halides is 1. The van der Waals surface area contributed by atoms with E-state index in [2.05, 4.69) is 11.8 Å². The molecular weight excluding hydrogens is 196 g/mol. The number of carbonyl (C=O) groups is 1. The van der Waals surface area contributed by atoms with E-state index in [1.807, 2.05) is 19.1 Å². The van der Waals surface area contributed by atoms with Gasteiger partial charge in [0.1, 0.15) is 0 Å². The lowest BCUT2D eigenvalue weighted by Gasteiger charge is -2.00. The van der Waals surface area contributed by atoms with Gasteiger partial charge in [0.25, 0.3) is 0 Å². The second kappa shape index (κ2) is 4.83. The van der Waals surface area contributed by atoms with Crippen molar-refractivity contribution in [2.24, 2.45) is 0 Å². The lowest BCUT2D eigenvalue weighted by atomic mass is 10.0. The van der Waals surface area contributed by atoms with Gasteiger partial charge in [0, 0.05) is 11.1 Å². The average molecular weight is 207 g/mol. The highest BCUT2D eigenvalue weighted by atomic mass is 35.5. The van der Waals surface area contributed by atoms with Gasteiger partial charge in [0.05, 0.1) is 5.88 Å². The quantitative estimate of drug-likeness (QED) is 0.392. The molecule has 0 saturated heterocycles. The molecule has 0 unspecified atom stereocenters. The van der Waals surface area contributed by atoms with Gasteiger partial charge in [-0.25, -0.2) is 0 Å². The van der Waals surface area contributed by atoms with E-state index >= 15 is 0 Å². The van der Waals surface area contributed by atoms with Crippen molar-refractivity contribution in [3.63, 3.8) is 0 Å². The van der Waals surface area contributed by atoms with Crippen LogP contribution in [-0.2, 0) is 0 Å². The van der Waals surface area contributed by atoms with E-state index in [9.17, 15) is 4.79 Å². The number of benzene rings is 1. The maximum absolute atomic E-state index is 11.1. The Kier molecular flexibility index (Phi) is 3.73. The third-order valence-corrected chi connectivity index (χ3v) is 2.06. The molecule has 0 fully saturated rings. The third kappa shape index (κ3) is 2.61. The van der Waals surface area contributed by atoms with Crippen LogP contribution in [0.3, 0.4) is 0 Å². The Bertz CT molecular complexity index is 410. The number of rotatable bonds is 1. The first-order chi connectivity index (χ1) is 6.65. The number of ketones is 1. The molecule has 1 aromatic rings. The van der Waals surface area contributed by atoms with Crippen LogP contribution < -0.4 is 0 Å². The van der Waals surface area contributed by atoms with Crippen molar-refractivity contribution in [2.45, 2.75) is 13.8 Å². The molecule has 0 aromatic heterocycles. The van der Waals surface area contributed by atoms with Gasteiger partial charge in [0.15, 0.2) is 5.78 Å². The van der Waals surface area contributed by atoms with Crippen LogP contribution in [0, 0.1) is 18.8 Å². The summed E-state index contributed by atoms with van der Waals surface area (Å²) in [5.41, 5.74) is 2.66. The van der Waals surface area contributed by atoms with Crippen LogP contribution >= 0.6 is 11.6 Å². The summed E-state index contributed by atoms with van der Waals surface area (Å²) in [7, 11) is 0. The second-order valence-electron chi connectivity index (χ2n) is 3.02.